The first-order chi connectivity index (χ1) is 10.6. The fourth-order valence-electron chi connectivity index (χ4n) is 1.95. The number of ether oxygens (including phenoxy) is 1. The van der Waals surface area contributed by atoms with Crippen LogP contribution in [0.15, 0.2) is 41.0 Å². The highest BCUT2D eigenvalue weighted by Gasteiger charge is 2.14. The molecule has 0 aliphatic heterocycles. The smallest absolute Gasteiger partial charge is 0.220 e. The highest BCUT2D eigenvalue weighted by Crippen LogP contribution is 2.24. The van der Waals surface area contributed by atoms with Crippen LogP contribution in [0.2, 0.25) is 5.02 Å². The molecule has 1 amide bonds. The molecule has 2 aromatic rings. The molecule has 0 bridgehead atoms. The zero-order chi connectivity index (χ0) is 15.9. The second-order valence-electron chi connectivity index (χ2n) is 4.62. The first-order valence-corrected chi connectivity index (χ1v) is 7.13. The minimum absolute atomic E-state index is 0.0840. The lowest BCUT2D eigenvalue weighted by molar-refractivity contribution is -0.121. The molecule has 0 fully saturated rings. The van der Waals surface area contributed by atoms with Crippen molar-refractivity contribution in [2.24, 2.45) is 0 Å². The average Bonchev–Trinajstić information content (AvgIpc) is 3.04. The van der Waals surface area contributed by atoms with Gasteiger partial charge >= 0.3 is 0 Å². The summed E-state index contributed by atoms with van der Waals surface area (Å²) >= 11 is 5.89. The Hall–Kier alpha value is -2.27. The first-order valence-electron chi connectivity index (χ1n) is 6.76. The summed E-state index contributed by atoms with van der Waals surface area (Å²) in [6, 6.07) is 8.34. The van der Waals surface area contributed by atoms with Gasteiger partial charge < -0.3 is 14.5 Å². The third-order valence-corrected chi connectivity index (χ3v) is 3.32. The van der Waals surface area contributed by atoms with Crippen LogP contribution in [0.3, 0.4) is 0 Å². The van der Waals surface area contributed by atoms with Crippen molar-refractivity contribution in [2.75, 3.05) is 7.11 Å². The van der Waals surface area contributed by atoms with Crippen LogP contribution in [-0.4, -0.2) is 18.8 Å². The Morgan fingerprint density at radius 3 is 2.77 bits per heavy atom. The number of carbonyl (C=O) groups excluding carboxylic acids is 2. The van der Waals surface area contributed by atoms with Crippen LogP contribution in [0, 0.1) is 0 Å². The summed E-state index contributed by atoms with van der Waals surface area (Å²) in [6.07, 6.45) is 1.71. The maximum absolute atomic E-state index is 12.2. The van der Waals surface area contributed by atoms with E-state index in [1.807, 2.05) is 0 Å². The van der Waals surface area contributed by atoms with Crippen LogP contribution in [-0.2, 0) is 11.3 Å². The van der Waals surface area contributed by atoms with Crippen LogP contribution in [0.25, 0.3) is 0 Å². The molecule has 1 heterocycles. The van der Waals surface area contributed by atoms with E-state index in [-0.39, 0.29) is 24.5 Å². The predicted molar refractivity (Wildman–Crippen MR) is 82.1 cm³/mol. The zero-order valence-corrected chi connectivity index (χ0v) is 12.9. The Morgan fingerprint density at radius 1 is 1.27 bits per heavy atom. The standard InChI is InChI=1S/C16H16ClNO4/c1-21-15-6-4-11(17)9-13(15)14(19)5-7-16(20)18-10-12-3-2-8-22-12/h2-4,6,8-9H,5,7,10H2,1H3,(H,18,20). The molecule has 0 saturated heterocycles. The predicted octanol–water partition coefficient (Wildman–Crippen LogP) is 3.22. The average molecular weight is 322 g/mol. The molecule has 2 rings (SSSR count). The van der Waals surface area contributed by atoms with Crippen molar-refractivity contribution in [2.45, 2.75) is 19.4 Å². The maximum atomic E-state index is 12.2. The molecule has 0 aliphatic rings. The number of rotatable bonds is 7. The van der Waals surface area contributed by atoms with Crippen LogP contribution in [0.1, 0.15) is 29.0 Å². The van der Waals surface area contributed by atoms with Crippen molar-refractivity contribution in [1.82, 2.24) is 5.32 Å². The molecule has 1 aromatic carbocycles. The molecule has 22 heavy (non-hydrogen) atoms. The fourth-order valence-corrected chi connectivity index (χ4v) is 2.12. The van der Waals surface area contributed by atoms with E-state index < -0.39 is 0 Å². The van der Waals surface area contributed by atoms with Crippen LogP contribution < -0.4 is 10.1 Å². The van der Waals surface area contributed by atoms with Gasteiger partial charge in [0.15, 0.2) is 5.78 Å². The van der Waals surface area contributed by atoms with Crippen molar-refractivity contribution in [1.29, 1.82) is 0 Å². The van der Waals surface area contributed by atoms with Crippen molar-refractivity contribution in [3.8, 4) is 5.75 Å². The Labute approximate surface area is 133 Å². The maximum Gasteiger partial charge on any atom is 0.220 e. The van der Waals surface area contributed by atoms with E-state index in [1.54, 1.807) is 30.3 Å². The van der Waals surface area contributed by atoms with Gasteiger partial charge in [-0.3, -0.25) is 9.59 Å². The summed E-state index contributed by atoms with van der Waals surface area (Å²) in [5, 5.41) is 3.14. The number of amides is 1. The number of nitrogens with one attached hydrogen (secondary N) is 1. The number of benzene rings is 1. The topological polar surface area (TPSA) is 68.5 Å². The van der Waals surface area contributed by atoms with Crippen LogP contribution >= 0.6 is 11.6 Å². The molecule has 1 N–H and O–H groups in total. The number of carbonyl (C=O) groups is 2. The largest absolute Gasteiger partial charge is 0.496 e. The molecule has 0 radical (unpaired) electrons. The van der Waals surface area contributed by atoms with E-state index >= 15 is 0 Å². The molecule has 0 spiro atoms. The summed E-state index contributed by atoms with van der Waals surface area (Å²) in [7, 11) is 1.48. The molecule has 0 atom stereocenters. The van der Waals surface area contributed by atoms with E-state index in [1.165, 1.54) is 13.4 Å². The molecule has 0 saturated carbocycles. The third kappa shape index (κ3) is 4.36. The molecule has 0 aliphatic carbocycles. The molecular weight excluding hydrogens is 306 g/mol. The number of halogens is 1. The second-order valence-corrected chi connectivity index (χ2v) is 5.06. The number of Topliss-reactive ketones (excluding diaryl/α,β-unsaturated/α-hetero) is 1. The van der Waals surface area contributed by atoms with Gasteiger partial charge in [0.2, 0.25) is 5.91 Å². The Balaban J connectivity index is 1.87. The SMILES string of the molecule is COc1ccc(Cl)cc1C(=O)CCC(=O)NCc1ccco1. The highest BCUT2D eigenvalue weighted by atomic mass is 35.5. The molecule has 1 aromatic heterocycles. The van der Waals surface area contributed by atoms with E-state index in [0.717, 1.165) is 0 Å². The Bertz CT molecular complexity index is 652. The van der Waals surface area contributed by atoms with Crippen molar-refractivity contribution in [3.05, 3.63) is 52.9 Å². The normalized spacial score (nSPS) is 10.3. The summed E-state index contributed by atoms with van der Waals surface area (Å²) in [4.78, 5) is 23.9. The molecule has 116 valence electrons. The Kier molecular flexibility index (Phi) is 5.61. The Morgan fingerprint density at radius 2 is 2.09 bits per heavy atom. The van der Waals surface area contributed by atoms with Crippen molar-refractivity contribution >= 4 is 23.3 Å². The summed E-state index contributed by atoms with van der Waals surface area (Å²) in [5.41, 5.74) is 0.383. The molecule has 6 heteroatoms. The van der Waals surface area contributed by atoms with E-state index in [4.69, 9.17) is 20.8 Å². The third-order valence-electron chi connectivity index (χ3n) is 3.08. The van der Waals surface area contributed by atoms with Crippen LogP contribution in [0.4, 0.5) is 0 Å². The quantitative estimate of drug-likeness (QED) is 0.795. The van der Waals surface area contributed by atoms with Gasteiger partial charge in [0.25, 0.3) is 0 Å². The lowest BCUT2D eigenvalue weighted by Gasteiger charge is -2.08. The number of hydrogen-bond acceptors (Lipinski definition) is 4. The number of ketones is 1. The summed E-state index contributed by atoms with van der Waals surface area (Å²) < 4.78 is 10.2. The number of furan rings is 1. The van der Waals surface area contributed by atoms with Crippen molar-refractivity contribution < 1.29 is 18.7 Å². The highest BCUT2D eigenvalue weighted by molar-refractivity contribution is 6.31. The monoisotopic (exact) mass is 321 g/mol. The summed E-state index contributed by atoms with van der Waals surface area (Å²) in [5.74, 6) is 0.708. The van der Waals surface area contributed by atoms with Crippen LogP contribution in [0.5, 0.6) is 5.75 Å². The number of hydrogen-bond donors (Lipinski definition) is 1. The minimum Gasteiger partial charge on any atom is -0.496 e. The van der Waals surface area contributed by atoms with Gasteiger partial charge in [-0.15, -0.1) is 0 Å². The van der Waals surface area contributed by atoms with Gasteiger partial charge in [0.1, 0.15) is 11.5 Å². The van der Waals surface area contributed by atoms with Gasteiger partial charge in [0, 0.05) is 17.9 Å². The number of methoxy groups -OCH3 is 1. The molecule has 5 nitrogen and oxygen atoms in total. The van der Waals surface area contributed by atoms with E-state index in [9.17, 15) is 9.59 Å². The summed E-state index contributed by atoms with van der Waals surface area (Å²) in [6.45, 7) is 0.306. The van der Waals surface area contributed by atoms with Gasteiger partial charge in [0.05, 0.1) is 25.5 Å². The van der Waals surface area contributed by atoms with Crippen molar-refractivity contribution in [3.63, 3.8) is 0 Å². The zero-order valence-electron chi connectivity index (χ0n) is 12.1. The van der Waals surface area contributed by atoms with E-state index in [2.05, 4.69) is 5.32 Å². The van der Waals surface area contributed by atoms with Gasteiger partial charge in [-0.25, -0.2) is 0 Å². The van der Waals surface area contributed by atoms with Gasteiger partial charge in [-0.05, 0) is 30.3 Å². The molecule has 0 unspecified atom stereocenters. The lowest BCUT2D eigenvalue weighted by Crippen LogP contribution is -2.23. The lowest BCUT2D eigenvalue weighted by atomic mass is 10.1. The first kappa shape index (κ1) is 16.1. The fraction of sp³-hybridized carbons (Fsp3) is 0.250. The second kappa shape index (κ2) is 7.66. The van der Waals surface area contributed by atoms with E-state index in [0.29, 0.717) is 28.6 Å². The van der Waals surface area contributed by atoms with Gasteiger partial charge in [-0.1, -0.05) is 11.6 Å². The molecular formula is C16H16ClNO4. The minimum atomic E-state index is -0.217. The van der Waals surface area contributed by atoms with Gasteiger partial charge in [-0.2, -0.15) is 0 Å².